The normalized spacial score (nSPS) is 10.8. The molecule has 0 saturated carbocycles. The molecule has 1 aromatic heterocycles. The maximum absolute atomic E-state index is 12.4. The Hall–Kier alpha value is -2.21. The molecule has 0 unspecified atom stereocenters. The molecule has 5 nitrogen and oxygen atoms in total. The summed E-state index contributed by atoms with van der Waals surface area (Å²) in [6.07, 6.45) is -0.122. The third kappa shape index (κ3) is 3.58. The zero-order chi connectivity index (χ0) is 18.1. The minimum absolute atomic E-state index is 0.0106. The number of aromatic amines is 1. The lowest BCUT2D eigenvalue weighted by Gasteiger charge is -2.08. The van der Waals surface area contributed by atoms with Gasteiger partial charge in [0.1, 0.15) is 5.69 Å². The van der Waals surface area contributed by atoms with E-state index in [4.69, 9.17) is 34.8 Å². The second kappa shape index (κ2) is 6.96. The van der Waals surface area contributed by atoms with Crippen molar-refractivity contribution in [2.75, 3.05) is 5.32 Å². The van der Waals surface area contributed by atoms with Crippen molar-refractivity contribution < 1.29 is 14.7 Å². The number of rotatable bonds is 4. The lowest BCUT2D eigenvalue weighted by molar-refractivity contribution is -0.115. The van der Waals surface area contributed by atoms with Crippen LogP contribution in [0.25, 0.3) is 10.9 Å². The van der Waals surface area contributed by atoms with Gasteiger partial charge < -0.3 is 15.4 Å². The Kier molecular flexibility index (Phi) is 4.90. The predicted octanol–water partition coefficient (Wildman–Crippen LogP) is 5.01. The molecule has 1 amide bonds. The summed E-state index contributed by atoms with van der Waals surface area (Å²) in [6.45, 7) is 0. The first-order valence-electron chi connectivity index (χ1n) is 7.14. The van der Waals surface area contributed by atoms with Crippen LogP contribution in [0.3, 0.4) is 0 Å². The standard InChI is InChI=1S/C17H11Cl3N2O3/c18-11-5-8(6-12(19)15(11)20)21-14(23)7-10-9-3-1-2-4-13(9)22-16(10)17(24)25/h1-6,22H,7H2,(H,21,23)(H,24,25). The number of para-hydroxylation sites is 1. The van der Waals surface area contributed by atoms with Crippen molar-refractivity contribution in [3.63, 3.8) is 0 Å². The molecule has 0 aliphatic heterocycles. The number of benzene rings is 2. The number of carboxylic acids is 1. The second-order valence-corrected chi connectivity index (χ2v) is 6.50. The highest BCUT2D eigenvalue weighted by Gasteiger charge is 2.19. The van der Waals surface area contributed by atoms with Gasteiger partial charge in [-0.25, -0.2) is 4.79 Å². The van der Waals surface area contributed by atoms with Gasteiger partial charge in [0, 0.05) is 22.2 Å². The zero-order valence-corrected chi connectivity index (χ0v) is 14.8. The van der Waals surface area contributed by atoms with Crippen molar-refractivity contribution in [1.82, 2.24) is 4.98 Å². The molecule has 128 valence electrons. The maximum atomic E-state index is 12.4. The number of hydrogen-bond donors (Lipinski definition) is 3. The summed E-state index contributed by atoms with van der Waals surface area (Å²) in [4.78, 5) is 26.6. The molecule has 0 atom stereocenters. The van der Waals surface area contributed by atoms with Crippen molar-refractivity contribution in [1.29, 1.82) is 0 Å². The highest BCUT2D eigenvalue weighted by molar-refractivity contribution is 6.48. The Balaban J connectivity index is 1.90. The zero-order valence-electron chi connectivity index (χ0n) is 12.6. The molecule has 3 aromatic rings. The van der Waals surface area contributed by atoms with Gasteiger partial charge in [0.15, 0.2) is 0 Å². The van der Waals surface area contributed by atoms with Gasteiger partial charge >= 0.3 is 5.97 Å². The van der Waals surface area contributed by atoms with E-state index < -0.39 is 11.9 Å². The minimum atomic E-state index is -1.13. The van der Waals surface area contributed by atoms with Crippen LogP contribution in [0.1, 0.15) is 16.1 Å². The number of carbonyl (C=O) groups excluding carboxylic acids is 1. The smallest absolute Gasteiger partial charge is 0.352 e. The van der Waals surface area contributed by atoms with Crippen LogP contribution < -0.4 is 5.32 Å². The van der Waals surface area contributed by atoms with Gasteiger partial charge in [0.2, 0.25) is 5.91 Å². The number of hydrogen-bond acceptors (Lipinski definition) is 2. The van der Waals surface area contributed by atoms with Crippen LogP contribution in [0.4, 0.5) is 5.69 Å². The summed E-state index contributed by atoms with van der Waals surface area (Å²) in [5.41, 5.74) is 1.43. The van der Waals surface area contributed by atoms with Crippen molar-refractivity contribution in [3.05, 3.63) is 62.7 Å². The number of anilines is 1. The van der Waals surface area contributed by atoms with Crippen LogP contribution in [0.5, 0.6) is 0 Å². The van der Waals surface area contributed by atoms with E-state index in [9.17, 15) is 14.7 Å². The highest BCUT2D eigenvalue weighted by atomic mass is 35.5. The molecule has 2 aromatic carbocycles. The molecule has 3 N–H and O–H groups in total. The molecular weight excluding hydrogens is 387 g/mol. The topological polar surface area (TPSA) is 82.2 Å². The van der Waals surface area contributed by atoms with Gasteiger partial charge in [-0.2, -0.15) is 0 Å². The van der Waals surface area contributed by atoms with Crippen LogP contribution in [-0.4, -0.2) is 22.0 Å². The third-order valence-corrected chi connectivity index (χ3v) is 4.83. The van der Waals surface area contributed by atoms with E-state index in [1.54, 1.807) is 24.3 Å². The fraction of sp³-hybridized carbons (Fsp3) is 0.0588. The highest BCUT2D eigenvalue weighted by Crippen LogP contribution is 2.33. The van der Waals surface area contributed by atoms with Gasteiger partial charge in [-0.05, 0) is 18.2 Å². The lowest BCUT2D eigenvalue weighted by Crippen LogP contribution is -2.16. The maximum Gasteiger partial charge on any atom is 0.352 e. The largest absolute Gasteiger partial charge is 0.477 e. The van der Waals surface area contributed by atoms with Gasteiger partial charge in [-0.15, -0.1) is 0 Å². The van der Waals surface area contributed by atoms with Crippen molar-refractivity contribution in [2.45, 2.75) is 6.42 Å². The minimum Gasteiger partial charge on any atom is -0.477 e. The number of aromatic carboxylic acids is 1. The lowest BCUT2D eigenvalue weighted by atomic mass is 10.1. The molecule has 1 heterocycles. The van der Waals surface area contributed by atoms with Gasteiger partial charge in [-0.3, -0.25) is 4.79 Å². The van der Waals surface area contributed by atoms with Gasteiger partial charge in [0.25, 0.3) is 0 Å². The number of amides is 1. The molecule has 25 heavy (non-hydrogen) atoms. The molecule has 0 aliphatic carbocycles. The molecule has 0 bridgehead atoms. The summed E-state index contributed by atoms with van der Waals surface area (Å²) in [5, 5.41) is 13.3. The number of aromatic nitrogens is 1. The van der Waals surface area contributed by atoms with Crippen LogP contribution in [0.15, 0.2) is 36.4 Å². The van der Waals surface area contributed by atoms with Crippen LogP contribution in [0, 0.1) is 0 Å². The molecule has 0 aliphatic rings. The number of carbonyl (C=O) groups is 2. The Morgan fingerprint density at radius 1 is 1.08 bits per heavy atom. The first kappa shape index (κ1) is 17.6. The molecule has 0 spiro atoms. The quantitative estimate of drug-likeness (QED) is 0.541. The fourth-order valence-electron chi connectivity index (χ4n) is 2.56. The van der Waals surface area contributed by atoms with Crippen molar-refractivity contribution >= 4 is 63.3 Å². The number of halogens is 3. The van der Waals surface area contributed by atoms with E-state index in [-0.39, 0.29) is 27.2 Å². The molecule has 8 heteroatoms. The van der Waals surface area contributed by atoms with E-state index in [1.165, 1.54) is 12.1 Å². The van der Waals surface area contributed by atoms with Crippen LogP contribution >= 0.6 is 34.8 Å². The summed E-state index contributed by atoms with van der Waals surface area (Å²) in [6, 6.07) is 10.0. The average molecular weight is 398 g/mol. The Bertz CT molecular complexity index is 975. The second-order valence-electron chi connectivity index (χ2n) is 5.31. The molecule has 0 saturated heterocycles. The summed E-state index contributed by atoms with van der Waals surface area (Å²) >= 11 is 17.8. The molecular formula is C17H11Cl3N2O3. The third-order valence-electron chi connectivity index (χ3n) is 3.63. The average Bonchev–Trinajstić information content (AvgIpc) is 2.91. The monoisotopic (exact) mass is 396 g/mol. The van der Waals surface area contributed by atoms with Crippen molar-refractivity contribution in [3.8, 4) is 0 Å². The van der Waals surface area contributed by atoms with E-state index in [1.807, 2.05) is 0 Å². The molecule has 3 rings (SSSR count). The number of nitrogens with one attached hydrogen (secondary N) is 2. The fourth-order valence-corrected chi connectivity index (χ4v) is 3.16. The van der Waals surface area contributed by atoms with Gasteiger partial charge in [-0.1, -0.05) is 53.0 Å². The molecule has 0 fully saturated rings. The number of H-pyrrole nitrogens is 1. The Morgan fingerprint density at radius 2 is 1.72 bits per heavy atom. The Morgan fingerprint density at radius 3 is 2.36 bits per heavy atom. The summed E-state index contributed by atoms with van der Waals surface area (Å²) < 4.78 is 0. The van der Waals surface area contributed by atoms with Crippen molar-refractivity contribution in [2.24, 2.45) is 0 Å². The van der Waals surface area contributed by atoms with Crippen LogP contribution in [0.2, 0.25) is 15.1 Å². The summed E-state index contributed by atoms with van der Waals surface area (Å²) in [7, 11) is 0. The van der Waals surface area contributed by atoms with Crippen LogP contribution in [-0.2, 0) is 11.2 Å². The predicted molar refractivity (Wildman–Crippen MR) is 99.1 cm³/mol. The Labute approximate surface area is 157 Å². The van der Waals surface area contributed by atoms with Gasteiger partial charge in [0.05, 0.1) is 21.5 Å². The van der Waals surface area contributed by atoms with E-state index in [0.717, 1.165) is 0 Å². The van der Waals surface area contributed by atoms with E-state index >= 15 is 0 Å². The first-order valence-corrected chi connectivity index (χ1v) is 8.27. The first-order chi connectivity index (χ1) is 11.9. The number of carboxylic acid groups (broad SMARTS) is 1. The number of fused-ring (bicyclic) bond motifs is 1. The SMILES string of the molecule is O=C(Cc1c(C(=O)O)[nH]c2ccccc12)Nc1cc(Cl)c(Cl)c(Cl)c1. The molecule has 0 radical (unpaired) electrons. The summed E-state index contributed by atoms with van der Waals surface area (Å²) in [5.74, 6) is -1.53. The van der Waals surface area contributed by atoms with E-state index in [0.29, 0.717) is 22.2 Å². The van der Waals surface area contributed by atoms with E-state index in [2.05, 4.69) is 10.3 Å².